The van der Waals surface area contributed by atoms with Gasteiger partial charge in [0.1, 0.15) is 6.61 Å². The molecule has 0 aliphatic heterocycles. The third-order valence-corrected chi connectivity index (χ3v) is 6.57. The molecule has 3 atom stereocenters. The van der Waals surface area contributed by atoms with Crippen molar-refractivity contribution >= 4 is 18.0 Å². The zero-order valence-corrected chi connectivity index (χ0v) is 18.8. The number of hydrogen-bond donors (Lipinski definition) is 3. The molecule has 0 saturated heterocycles. The van der Waals surface area contributed by atoms with Gasteiger partial charge in [-0.15, -0.1) is 0 Å². The van der Waals surface area contributed by atoms with Crippen molar-refractivity contribution < 1.29 is 24.2 Å². The minimum Gasteiger partial charge on any atom is -0.481 e. The molecule has 4 rings (SSSR count). The average Bonchev–Trinajstić information content (AvgIpc) is 3.33. The van der Waals surface area contributed by atoms with E-state index in [0.717, 1.165) is 12.8 Å². The average molecular weight is 451 g/mol. The van der Waals surface area contributed by atoms with Crippen molar-refractivity contribution in [1.29, 1.82) is 0 Å². The molecule has 174 valence electrons. The minimum absolute atomic E-state index is 0.0186. The van der Waals surface area contributed by atoms with Crippen LogP contribution in [0.1, 0.15) is 56.1 Å². The van der Waals surface area contributed by atoms with Gasteiger partial charge in [-0.05, 0) is 54.4 Å². The van der Waals surface area contributed by atoms with Gasteiger partial charge in [0.05, 0.1) is 6.42 Å². The molecule has 0 radical (unpaired) electrons. The Labute approximate surface area is 193 Å². The fraction of sp³-hybridized carbons (Fsp3) is 0.423. The Hall–Kier alpha value is -3.35. The molecule has 1 fully saturated rings. The van der Waals surface area contributed by atoms with E-state index in [1.165, 1.54) is 22.3 Å². The maximum Gasteiger partial charge on any atom is 0.407 e. The van der Waals surface area contributed by atoms with Crippen molar-refractivity contribution in [3.05, 3.63) is 59.7 Å². The maximum atomic E-state index is 12.5. The molecule has 1 saturated carbocycles. The zero-order chi connectivity index (χ0) is 23.4. The van der Waals surface area contributed by atoms with Crippen LogP contribution in [-0.2, 0) is 14.3 Å². The standard InChI is InChI=1S/C26H30N2O5/c1-16(12-25(30)31)27-24(29)14-17-10-11-18(13-17)28-26(32)33-15-23-21-8-4-2-6-19(21)20-7-3-5-9-22(20)23/h2-9,16-18,23H,10-15H2,1H3,(H,27,29)(H,28,32)(H,30,31)/t16-,17?,18?/m1/s1. The van der Waals surface area contributed by atoms with Gasteiger partial charge in [0, 0.05) is 24.4 Å². The van der Waals surface area contributed by atoms with Gasteiger partial charge in [-0.25, -0.2) is 4.79 Å². The largest absolute Gasteiger partial charge is 0.481 e. The molecule has 0 spiro atoms. The minimum atomic E-state index is -0.934. The Balaban J connectivity index is 1.24. The molecule has 33 heavy (non-hydrogen) atoms. The van der Waals surface area contributed by atoms with Crippen LogP contribution in [-0.4, -0.2) is 41.8 Å². The molecule has 2 aromatic carbocycles. The molecule has 0 heterocycles. The van der Waals surface area contributed by atoms with E-state index in [-0.39, 0.29) is 36.8 Å². The molecule has 7 heteroatoms. The first-order valence-electron chi connectivity index (χ1n) is 11.5. The summed E-state index contributed by atoms with van der Waals surface area (Å²) in [6, 6.07) is 16.0. The van der Waals surface area contributed by atoms with Gasteiger partial charge in [-0.1, -0.05) is 48.5 Å². The summed E-state index contributed by atoms with van der Waals surface area (Å²) in [4.78, 5) is 35.4. The molecule has 2 aromatic rings. The summed E-state index contributed by atoms with van der Waals surface area (Å²) < 4.78 is 5.62. The molecule has 7 nitrogen and oxygen atoms in total. The second-order valence-electron chi connectivity index (χ2n) is 9.12. The van der Waals surface area contributed by atoms with Crippen LogP contribution >= 0.6 is 0 Å². The van der Waals surface area contributed by atoms with E-state index in [0.29, 0.717) is 12.8 Å². The van der Waals surface area contributed by atoms with Crippen molar-refractivity contribution in [2.75, 3.05) is 6.61 Å². The highest BCUT2D eigenvalue weighted by atomic mass is 16.5. The highest BCUT2D eigenvalue weighted by Crippen LogP contribution is 2.44. The number of carboxylic acid groups (broad SMARTS) is 1. The van der Waals surface area contributed by atoms with Gasteiger partial charge in [-0.3, -0.25) is 9.59 Å². The van der Waals surface area contributed by atoms with Gasteiger partial charge in [0.25, 0.3) is 0 Å². The molecule has 2 aliphatic rings. The molecule has 0 bridgehead atoms. The first-order valence-corrected chi connectivity index (χ1v) is 11.5. The van der Waals surface area contributed by atoms with Crippen LogP contribution in [0.2, 0.25) is 0 Å². The lowest BCUT2D eigenvalue weighted by molar-refractivity contribution is -0.137. The van der Waals surface area contributed by atoms with Gasteiger partial charge in [0.15, 0.2) is 0 Å². The smallest absolute Gasteiger partial charge is 0.407 e. The van der Waals surface area contributed by atoms with Crippen LogP contribution in [0.25, 0.3) is 11.1 Å². The number of hydrogen-bond acceptors (Lipinski definition) is 4. The van der Waals surface area contributed by atoms with Crippen LogP contribution in [0.3, 0.4) is 0 Å². The molecule has 0 aromatic heterocycles. The highest BCUT2D eigenvalue weighted by Gasteiger charge is 2.31. The predicted molar refractivity (Wildman–Crippen MR) is 124 cm³/mol. The number of aliphatic carboxylic acids is 1. The lowest BCUT2D eigenvalue weighted by Gasteiger charge is -2.17. The monoisotopic (exact) mass is 450 g/mol. The molecule has 3 N–H and O–H groups in total. The second-order valence-corrected chi connectivity index (χ2v) is 9.12. The Morgan fingerprint density at radius 1 is 1.03 bits per heavy atom. The topological polar surface area (TPSA) is 105 Å². The summed E-state index contributed by atoms with van der Waals surface area (Å²) in [6.45, 7) is 1.96. The van der Waals surface area contributed by atoms with E-state index in [1.54, 1.807) is 6.92 Å². The normalized spacial score (nSPS) is 19.9. The number of nitrogens with one attached hydrogen (secondary N) is 2. The number of rotatable bonds is 8. The van der Waals surface area contributed by atoms with E-state index in [1.807, 2.05) is 24.3 Å². The Morgan fingerprint density at radius 2 is 1.67 bits per heavy atom. The zero-order valence-electron chi connectivity index (χ0n) is 18.8. The second kappa shape index (κ2) is 10.1. The Kier molecular flexibility index (Phi) is 6.96. The highest BCUT2D eigenvalue weighted by molar-refractivity contribution is 5.79. The SMILES string of the molecule is C[C@H](CC(=O)O)NC(=O)CC1CCC(NC(=O)OCC2c3ccccc3-c3ccccc32)C1. The lowest BCUT2D eigenvalue weighted by atomic mass is 9.98. The molecular weight excluding hydrogens is 420 g/mol. The van der Waals surface area contributed by atoms with Gasteiger partial charge in [0.2, 0.25) is 5.91 Å². The third-order valence-electron chi connectivity index (χ3n) is 6.57. The number of carboxylic acids is 1. The quantitative estimate of drug-likeness (QED) is 0.563. The van der Waals surface area contributed by atoms with E-state index < -0.39 is 18.1 Å². The first-order chi connectivity index (χ1) is 15.9. The predicted octanol–water partition coefficient (Wildman–Crippen LogP) is 4.06. The number of fused-ring (bicyclic) bond motifs is 3. The van der Waals surface area contributed by atoms with Gasteiger partial charge in [-0.2, -0.15) is 0 Å². The number of alkyl carbamates (subject to hydrolysis) is 1. The lowest BCUT2D eigenvalue weighted by Crippen LogP contribution is -2.36. The van der Waals surface area contributed by atoms with Gasteiger partial charge < -0.3 is 20.5 Å². The summed E-state index contributed by atoms with van der Waals surface area (Å²) in [6.07, 6.45) is 2.17. The van der Waals surface area contributed by atoms with Crippen LogP contribution in [0.4, 0.5) is 4.79 Å². The summed E-state index contributed by atoms with van der Waals surface area (Å²) in [7, 11) is 0. The molecule has 2 aliphatic carbocycles. The van der Waals surface area contributed by atoms with E-state index in [9.17, 15) is 14.4 Å². The summed E-state index contributed by atoms with van der Waals surface area (Å²) in [5, 5.41) is 14.5. The van der Waals surface area contributed by atoms with Crippen molar-refractivity contribution in [2.24, 2.45) is 5.92 Å². The van der Waals surface area contributed by atoms with Crippen LogP contribution in [0, 0.1) is 5.92 Å². The van der Waals surface area contributed by atoms with Crippen LogP contribution < -0.4 is 10.6 Å². The number of carbonyl (C=O) groups is 3. The van der Waals surface area contributed by atoms with Crippen molar-refractivity contribution in [3.8, 4) is 11.1 Å². The number of benzene rings is 2. The number of amides is 2. The summed E-state index contributed by atoms with van der Waals surface area (Å²) in [5.41, 5.74) is 4.74. The van der Waals surface area contributed by atoms with E-state index in [4.69, 9.17) is 9.84 Å². The molecule has 2 unspecified atom stereocenters. The first kappa shape index (κ1) is 22.8. The number of ether oxygens (including phenoxy) is 1. The van der Waals surface area contributed by atoms with Gasteiger partial charge >= 0.3 is 12.1 Å². The Bertz CT molecular complexity index is 991. The van der Waals surface area contributed by atoms with Crippen molar-refractivity contribution in [1.82, 2.24) is 10.6 Å². The van der Waals surface area contributed by atoms with Crippen molar-refractivity contribution in [3.63, 3.8) is 0 Å². The molecular formula is C26H30N2O5. The van der Waals surface area contributed by atoms with Crippen molar-refractivity contribution in [2.45, 2.75) is 57.0 Å². The number of carbonyl (C=O) groups excluding carboxylic acids is 2. The van der Waals surface area contributed by atoms with Crippen LogP contribution in [0.5, 0.6) is 0 Å². The Morgan fingerprint density at radius 3 is 2.30 bits per heavy atom. The van der Waals surface area contributed by atoms with E-state index in [2.05, 4.69) is 34.9 Å². The van der Waals surface area contributed by atoms with E-state index >= 15 is 0 Å². The third kappa shape index (κ3) is 5.53. The fourth-order valence-electron chi connectivity index (χ4n) is 5.11. The molecule has 2 amide bonds. The maximum absolute atomic E-state index is 12.5. The van der Waals surface area contributed by atoms with Crippen LogP contribution in [0.15, 0.2) is 48.5 Å². The summed E-state index contributed by atoms with van der Waals surface area (Å²) in [5.74, 6) is -0.886. The fourth-order valence-corrected chi connectivity index (χ4v) is 5.11. The summed E-state index contributed by atoms with van der Waals surface area (Å²) >= 11 is 0.